The second kappa shape index (κ2) is 5.83. The molecule has 2 aromatic carbocycles. The van der Waals surface area contributed by atoms with Crippen molar-refractivity contribution in [2.75, 3.05) is 12.4 Å². The van der Waals surface area contributed by atoms with E-state index in [9.17, 15) is 14.9 Å². The average molecular weight is 272 g/mol. The first-order valence-electron chi connectivity index (χ1n) is 5.80. The van der Waals surface area contributed by atoms with Crippen molar-refractivity contribution >= 4 is 17.5 Å². The summed E-state index contributed by atoms with van der Waals surface area (Å²) in [5, 5.41) is 13.4. The van der Waals surface area contributed by atoms with Crippen LogP contribution in [0.25, 0.3) is 11.1 Å². The van der Waals surface area contributed by atoms with Gasteiger partial charge in [0.1, 0.15) is 5.69 Å². The minimum absolute atomic E-state index is 0.0986. The van der Waals surface area contributed by atoms with Gasteiger partial charge in [-0.25, -0.2) is 4.79 Å². The Morgan fingerprint density at radius 3 is 2.45 bits per heavy atom. The van der Waals surface area contributed by atoms with Crippen molar-refractivity contribution < 1.29 is 14.5 Å². The van der Waals surface area contributed by atoms with Crippen LogP contribution in [0, 0.1) is 10.1 Å². The monoisotopic (exact) mass is 272 g/mol. The fraction of sp³-hybridized carbons (Fsp3) is 0.0714. The Balaban J connectivity index is 2.43. The number of rotatable bonds is 3. The topological polar surface area (TPSA) is 81.5 Å². The van der Waals surface area contributed by atoms with Crippen LogP contribution in [0.15, 0.2) is 48.5 Å². The molecule has 0 bridgehead atoms. The Bertz CT molecular complexity index is 641. The number of nitro benzene ring substituents is 1. The largest absolute Gasteiger partial charge is 0.453 e. The Morgan fingerprint density at radius 1 is 1.15 bits per heavy atom. The van der Waals surface area contributed by atoms with Gasteiger partial charge in [-0.2, -0.15) is 0 Å². The molecule has 0 aliphatic heterocycles. The van der Waals surface area contributed by atoms with Crippen molar-refractivity contribution in [1.29, 1.82) is 0 Å². The molecule has 1 amide bonds. The highest BCUT2D eigenvalue weighted by Gasteiger charge is 2.17. The number of anilines is 1. The van der Waals surface area contributed by atoms with Crippen molar-refractivity contribution in [3.05, 3.63) is 58.6 Å². The summed E-state index contributed by atoms with van der Waals surface area (Å²) in [4.78, 5) is 21.7. The summed E-state index contributed by atoms with van der Waals surface area (Å²) >= 11 is 0. The van der Waals surface area contributed by atoms with Gasteiger partial charge in [0.05, 0.1) is 12.0 Å². The Kier molecular flexibility index (Phi) is 3.95. The number of nitrogens with zero attached hydrogens (tertiary/aromatic N) is 1. The van der Waals surface area contributed by atoms with Gasteiger partial charge in [-0.1, -0.05) is 36.4 Å². The van der Waals surface area contributed by atoms with Gasteiger partial charge in [0.15, 0.2) is 0 Å². The van der Waals surface area contributed by atoms with Crippen molar-refractivity contribution in [3.8, 4) is 11.1 Å². The van der Waals surface area contributed by atoms with E-state index in [2.05, 4.69) is 10.1 Å². The minimum Gasteiger partial charge on any atom is -0.453 e. The number of amides is 1. The van der Waals surface area contributed by atoms with Crippen LogP contribution in [0.1, 0.15) is 0 Å². The number of hydrogen-bond acceptors (Lipinski definition) is 4. The lowest BCUT2D eigenvalue weighted by Gasteiger charge is -2.07. The first-order valence-corrected chi connectivity index (χ1v) is 5.80. The molecular formula is C14H12N2O4. The number of nitro groups is 1. The van der Waals surface area contributed by atoms with Crippen LogP contribution in [0.4, 0.5) is 16.2 Å². The summed E-state index contributed by atoms with van der Waals surface area (Å²) in [6.07, 6.45) is -0.749. The number of carbonyl (C=O) groups is 1. The lowest BCUT2D eigenvalue weighted by atomic mass is 10.0. The number of hydrogen-bond donors (Lipinski definition) is 1. The Morgan fingerprint density at radius 2 is 1.85 bits per heavy atom. The second-order valence-corrected chi connectivity index (χ2v) is 3.97. The van der Waals surface area contributed by atoms with Crippen molar-refractivity contribution in [3.63, 3.8) is 0 Å². The molecule has 0 spiro atoms. The predicted molar refractivity (Wildman–Crippen MR) is 74.6 cm³/mol. The van der Waals surface area contributed by atoms with Gasteiger partial charge in [0.2, 0.25) is 0 Å². The standard InChI is InChI=1S/C14H12N2O4/c1-20-14(17)15-12-8-7-11(9-13(12)16(18)19)10-5-3-2-4-6-10/h2-9H,1H3,(H,15,17). The quantitative estimate of drug-likeness (QED) is 0.685. The molecule has 0 saturated heterocycles. The highest BCUT2D eigenvalue weighted by Crippen LogP contribution is 2.30. The van der Waals surface area contributed by atoms with E-state index in [4.69, 9.17) is 0 Å². The average Bonchev–Trinajstić information content (AvgIpc) is 2.48. The van der Waals surface area contributed by atoms with Crippen LogP contribution in [0.2, 0.25) is 0 Å². The minimum atomic E-state index is -0.749. The van der Waals surface area contributed by atoms with Crippen molar-refractivity contribution in [1.82, 2.24) is 0 Å². The summed E-state index contributed by atoms with van der Waals surface area (Å²) in [7, 11) is 1.19. The molecule has 2 aromatic rings. The van der Waals surface area contributed by atoms with Crippen molar-refractivity contribution in [2.45, 2.75) is 0 Å². The lowest BCUT2D eigenvalue weighted by Crippen LogP contribution is -2.12. The molecule has 2 rings (SSSR count). The molecule has 0 aromatic heterocycles. The van der Waals surface area contributed by atoms with Gasteiger partial charge in [-0.15, -0.1) is 0 Å². The first kappa shape index (κ1) is 13.5. The van der Waals surface area contributed by atoms with E-state index >= 15 is 0 Å². The van der Waals surface area contributed by atoms with Crippen LogP contribution in [-0.4, -0.2) is 18.1 Å². The molecule has 6 nitrogen and oxygen atoms in total. The molecule has 0 aliphatic rings. The third-order valence-corrected chi connectivity index (χ3v) is 2.72. The molecule has 0 unspecified atom stereocenters. The molecule has 20 heavy (non-hydrogen) atoms. The maximum atomic E-state index is 11.2. The Labute approximate surface area is 115 Å². The normalized spacial score (nSPS) is 9.85. The predicted octanol–water partition coefficient (Wildman–Crippen LogP) is 3.44. The van der Waals surface area contributed by atoms with Gasteiger partial charge in [-0.3, -0.25) is 15.4 Å². The van der Waals surface area contributed by atoms with Gasteiger partial charge >= 0.3 is 6.09 Å². The highest BCUT2D eigenvalue weighted by molar-refractivity contribution is 5.89. The number of ether oxygens (including phenoxy) is 1. The molecule has 6 heteroatoms. The van der Waals surface area contributed by atoms with E-state index in [1.807, 2.05) is 30.3 Å². The number of methoxy groups -OCH3 is 1. The molecule has 1 N–H and O–H groups in total. The lowest BCUT2D eigenvalue weighted by molar-refractivity contribution is -0.383. The number of carbonyl (C=O) groups excluding carboxylic acids is 1. The summed E-state index contributed by atoms with van der Waals surface area (Å²) in [6, 6.07) is 13.9. The summed E-state index contributed by atoms with van der Waals surface area (Å²) in [6.45, 7) is 0. The molecule has 0 aliphatic carbocycles. The van der Waals surface area contributed by atoms with Gasteiger partial charge in [-0.05, 0) is 17.2 Å². The van der Waals surface area contributed by atoms with E-state index in [-0.39, 0.29) is 11.4 Å². The number of nitrogens with one attached hydrogen (secondary N) is 1. The van der Waals surface area contributed by atoms with Crippen LogP contribution in [-0.2, 0) is 4.74 Å². The van der Waals surface area contributed by atoms with Gasteiger partial charge in [0.25, 0.3) is 5.69 Å². The van der Waals surface area contributed by atoms with E-state index < -0.39 is 11.0 Å². The fourth-order valence-electron chi connectivity index (χ4n) is 1.76. The summed E-state index contributed by atoms with van der Waals surface area (Å²) < 4.78 is 4.43. The second-order valence-electron chi connectivity index (χ2n) is 3.97. The van der Waals surface area contributed by atoms with E-state index in [1.165, 1.54) is 19.2 Å². The van der Waals surface area contributed by atoms with Crippen molar-refractivity contribution in [2.24, 2.45) is 0 Å². The first-order chi connectivity index (χ1) is 9.61. The fourth-order valence-corrected chi connectivity index (χ4v) is 1.76. The third kappa shape index (κ3) is 2.92. The van der Waals surface area contributed by atoms with E-state index in [1.54, 1.807) is 6.07 Å². The smallest absolute Gasteiger partial charge is 0.411 e. The molecule has 0 heterocycles. The molecule has 0 radical (unpaired) electrons. The zero-order valence-corrected chi connectivity index (χ0v) is 10.7. The van der Waals surface area contributed by atoms with Crippen LogP contribution in [0.5, 0.6) is 0 Å². The van der Waals surface area contributed by atoms with Gasteiger partial charge < -0.3 is 4.74 Å². The molecule has 0 atom stereocenters. The third-order valence-electron chi connectivity index (χ3n) is 2.72. The zero-order valence-electron chi connectivity index (χ0n) is 10.7. The van der Waals surface area contributed by atoms with Crippen LogP contribution < -0.4 is 5.32 Å². The Hall–Kier alpha value is -2.89. The summed E-state index contributed by atoms with van der Waals surface area (Å²) in [5.41, 5.74) is 1.48. The van der Waals surface area contributed by atoms with Gasteiger partial charge in [0, 0.05) is 6.07 Å². The van der Waals surface area contributed by atoms with E-state index in [0.29, 0.717) is 5.56 Å². The molecule has 102 valence electrons. The zero-order chi connectivity index (χ0) is 14.5. The molecular weight excluding hydrogens is 260 g/mol. The molecule has 0 fully saturated rings. The SMILES string of the molecule is COC(=O)Nc1ccc(-c2ccccc2)cc1[N+](=O)[O-]. The van der Waals surface area contributed by atoms with E-state index in [0.717, 1.165) is 5.56 Å². The maximum absolute atomic E-state index is 11.2. The van der Waals surface area contributed by atoms with Crippen LogP contribution in [0.3, 0.4) is 0 Å². The molecule has 0 saturated carbocycles. The highest BCUT2D eigenvalue weighted by atomic mass is 16.6. The van der Waals surface area contributed by atoms with Crippen LogP contribution >= 0.6 is 0 Å². The number of benzene rings is 2. The maximum Gasteiger partial charge on any atom is 0.411 e. The summed E-state index contributed by atoms with van der Waals surface area (Å²) in [5.74, 6) is 0.